The molecule has 23 heavy (non-hydrogen) atoms. The van der Waals surface area contributed by atoms with Crippen LogP contribution in [0, 0.1) is 0 Å². The summed E-state index contributed by atoms with van der Waals surface area (Å²) >= 11 is 0. The molecule has 122 valence electrons. The van der Waals surface area contributed by atoms with E-state index in [0.717, 1.165) is 35.0 Å². The molecule has 0 aromatic heterocycles. The minimum Gasteiger partial charge on any atom is -0.497 e. The van der Waals surface area contributed by atoms with E-state index in [-0.39, 0.29) is 6.04 Å². The van der Waals surface area contributed by atoms with Gasteiger partial charge in [0.2, 0.25) is 0 Å². The Kier molecular flexibility index (Phi) is 4.30. The fourth-order valence-corrected chi connectivity index (χ4v) is 3.27. The molecular weight excluding hydrogens is 292 g/mol. The van der Waals surface area contributed by atoms with Gasteiger partial charge >= 0.3 is 0 Å². The van der Waals surface area contributed by atoms with Crippen molar-refractivity contribution >= 4 is 5.69 Å². The van der Waals surface area contributed by atoms with Crippen LogP contribution in [0.4, 0.5) is 5.69 Å². The normalized spacial score (nSPS) is 16.2. The Labute approximate surface area is 136 Å². The van der Waals surface area contributed by atoms with E-state index in [4.69, 9.17) is 19.9 Å². The average Bonchev–Trinajstić information content (AvgIpc) is 2.98. The molecule has 5 heteroatoms. The van der Waals surface area contributed by atoms with Crippen molar-refractivity contribution in [1.29, 1.82) is 0 Å². The highest BCUT2D eigenvalue weighted by molar-refractivity contribution is 5.65. The third-order valence-corrected chi connectivity index (χ3v) is 4.32. The molecule has 5 nitrogen and oxygen atoms in total. The van der Waals surface area contributed by atoms with Crippen LogP contribution >= 0.6 is 0 Å². The molecule has 2 aromatic carbocycles. The number of nitrogens with zero attached hydrogens (tertiary/aromatic N) is 1. The van der Waals surface area contributed by atoms with E-state index in [0.29, 0.717) is 6.54 Å². The van der Waals surface area contributed by atoms with Crippen molar-refractivity contribution in [3.63, 3.8) is 0 Å². The first-order chi connectivity index (χ1) is 11.2. The lowest BCUT2D eigenvalue weighted by atomic mass is 10.0. The second kappa shape index (κ2) is 6.38. The van der Waals surface area contributed by atoms with Gasteiger partial charge in [0.25, 0.3) is 0 Å². The summed E-state index contributed by atoms with van der Waals surface area (Å²) < 4.78 is 16.5. The topological polar surface area (TPSA) is 57.0 Å². The Bertz CT molecular complexity index is 703. The summed E-state index contributed by atoms with van der Waals surface area (Å²) in [5, 5.41) is 0. The zero-order chi connectivity index (χ0) is 16.4. The molecule has 0 fully saturated rings. The predicted octanol–water partition coefficient (Wildman–Crippen LogP) is 2.73. The summed E-state index contributed by atoms with van der Waals surface area (Å²) in [4.78, 5) is 2.26. The number of para-hydroxylation sites is 2. The third kappa shape index (κ3) is 2.57. The smallest absolute Gasteiger partial charge is 0.142 e. The molecule has 2 N–H and O–H groups in total. The van der Waals surface area contributed by atoms with Crippen LogP contribution in [0.3, 0.4) is 0 Å². The Hall–Kier alpha value is -2.40. The molecule has 0 radical (unpaired) electrons. The molecule has 1 aliphatic heterocycles. The van der Waals surface area contributed by atoms with Crippen LogP contribution in [-0.2, 0) is 6.54 Å². The lowest BCUT2D eigenvalue weighted by molar-refractivity contribution is 0.389. The van der Waals surface area contributed by atoms with Gasteiger partial charge in [-0.05, 0) is 23.8 Å². The average molecular weight is 314 g/mol. The number of ether oxygens (including phenoxy) is 3. The van der Waals surface area contributed by atoms with Crippen molar-refractivity contribution in [2.24, 2.45) is 5.73 Å². The Morgan fingerprint density at radius 2 is 1.78 bits per heavy atom. The van der Waals surface area contributed by atoms with Crippen LogP contribution in [0.1, 0.15) is 17.2 Å². The molecule has 1 unspecified atom stereocenters. The lowest BCUT2D eigenvalue weighted by Crippen LogP contribution is -2.28. The van der Waals surface area contributed by atoms with E-state index >= 15 is 0 Å². The van der Waals surface area contributed by atoms with Gasteiger partial charge in [-0.3, -0.25) is 0 Å². The number of hydrogen-bond acceptors (Lipinski definition) is 5. The van der Waals surface area contributed by atoms with Crippen molar-refractivity contribution in [3.05, 3.63) is 47.5 Å². The summed E-state index contributed by atoms with van der Waals surface area (Å²) in [5.41, 5.74) is 9.42. The van der Waals surface area contributed by atoms with Gasteiger partial charge in [0.1, 0.15) is 17.2 Å². The van der Waals surface area contributed by atoms with Gasteiger partial charge in [-0.15, -0.1) is 0 Å². The molecule has 0 aliphatic carbocycles. The molecule has 0 saturated carbocycles. The van der Waals surface area contributed by atoms with Crippen LogP contribution in [0.25, 0.3) is 0 Å². The zero-order valence-corrected chi connectivity index (χ0v) is 13.7. The number of benzene rings is 2. The van der Waals surface area contributed by atoms with E-state index in [1.54, 1.807) is 21.3 Å². The summed E-state index contributed by atoms with van der Waals surface area (Å²) in [5.74, 6) is 2.44. The number of methoxy groups -OCH3 is 3. The van der Waals surface area contributed by atoms with Crippen molar-refractivity contribution in [2.45, 2.75) is 12.6 Å². The van der Waals surface area contributed by atoms with Gasteiger partial charge in [-0.2, -0.15) is 0 Å². The van der Waals surface area contributed by atoms with E-state index in [9.17, 15) is 0 Å². The van der Waals surface area contributed by atoms with Crippen LogP contribution < -0.4 is 24.8 Å². The molecule has 0 amide bonds. The molecule has 2 aromatic rings. The SMILES string of the molecule is COc1cc2c(c(OC)c1)C(CN)N(c1ccccc1OC)C2. The number of nitrogens with two attached hydrogens (primary N) is 1. The van der Waals surface area contributed by atoms with Crippen molar-refractivity contribution in [2.75, 3.05) is 32.8 Å². The summed E-state index contributed by atoms with van der Waals surface area (Å²) in [7, 11) is 5.02. The highest BCUT2D eigenvalue weighted by atomic mass is 16.5. The van der Waals surface area contributed by atoms with Crippen LogP contribution in [0.15, 0.2) is 36.4 Å². The van der Waals surface area contributed by atoms with Crippen LogP contribution in [-0.4, -0.2) is 27.9 Å². The van der Waals surface area contributed by atoms with Gasteiger partial charge in [0.05, 0.1) is 33.1 Å². The van der Waals surface area contributed by atoms with Gasteiger partial charge in [0, 0.05) is 24.7 Å². The monoisotopic (exact) mass is 314 g/mol. The molecule has 0 spiro atoms. The maximum Gasteiger partial charge on any atom is 0.142 e. The quantitative estimate of drug-likeness (QED) is 0.919. The van der Waals surface area contributed by atoms with Crippen molar-refractivity contribution in [1.82, 2.24) is 0 Å². The highest BCUT2D eigenvalue weighted by Gasteiger charge is 2.34. The minimum atomic E-state index is 0.0437. The van der Waals surface area contributed by atoms with Crippen molar-refractivity contribution < 1.29 is 14.2 Å². The van der Waals surface area contributed by atoms with E-state index in [1.165, 1.54) is 5.56 Å². The fraction of sp³-hybridized carbons (Fsp3) is 0.333. The van der Waals surface area contributed by atoms with Gasteiger partial charge in [0.15, 0.2) is 0 Å². The summed E-state index contributed by atoms with van der Waals surface area (Å²) in [6, 6.07) is 12.0. The first kappa shape index (κ1) is 15.5. The van der Waals surface area contributed by atoms with Gasteiger partial charge in [-0.25, -0.2) is 0 Å². The summed E-state index contributed by atoms with van der Waals surface area (Å²) in [6.45, 7) is 1.23. The Morgan fingerprint density at radius 1 is 1.04 bits per heavy atom. The standard InChI is InChI=1S/C18H22N2O3/c1-21-13-8-12-11-20(14-6-4-5-7-16(14)22-2)15(10-19)18(12)17(9-13)23-3/h4-9,15H,10-11,19H2,1-3H3. The number of hydrogen-bond donors (Lipinski definition) is 1. The maximum atomic E-state index is 6.09. The maximum absolute atomic E-state index is 6.09. The van der Waals surface area contributed by atoms with E-state index in [2.05, 4.69) is 17.0 Å². The second-order valence-corrected chi connectivity index (χ2v) is 5.45. The van der Waals surface area contributed by atoms with E-state index in [1.807, 2.05) is 24.3 Å². The predicted molar refractivity (Wildman–Crippen MR) is 90.5 cm³/mol. The molecule has 1 aliphatic rings. The first-order valence-corrected chi connectivity index (χ1v) is 7.58. The molecule has 1 atom stereocenters. The zero-order valence-electron chi connectivity index (χ0n) is 13.7. The molecular formula is C18H22N2O3. The van der Waals surface area contributed by atoms with Crippen LogP contribution in [0.5, 0.6) is 17.2 Å². The summed E-state index contributed by atoms with van der Waals surface area (Å²) in [6.07, 6.45) is 0. The first-order valence-electron chi connectivity index (χ1n) is 7.58. The largest absolute Gasteiger partial charge is 0.497 e. The number of rotatable bonds is 5. The number of anilines is 1. The van der Waals surface area contributed by atoms with Crippen LogP contribution in [0.2, 0.25) is 0 Å². The third-order valence-electron chi connectivity index (χ3n) is 4.32. The Morgan fingerprint density at radius 3 is 2.43 bits per heavy atom. The minimum absolute atomic E-state index is 0.0437. The number of fused-ring (bicyclic) bond motifs is 1. The molecule has 3 rings (SSSR count). The van der Waals surface area contributed by atoms with Gasteiger partial charge < -0.3 is 24.8 Å². The fourth-order valence-electron chi connectivity index (χ4n) is 3.27. The lowest BCUT2D eigenvalue weighted by Gasteiger charge is -2.28. The van der Waals surface area contributed by atoms with Crippen molar-refractivity contribution in [3.8, 4) is 17.2 Å². The van der Waals surface area contributed by atoms with Gasteiger partial charge in [-0.1, -0.05) is 12.1 Å². The second-order valence-electron chi connectivity index (χ2n) is 5.45. The molecule has 0 bridgehead atoms. The highest BCUT2D eigenvalue weighted by Crippen LogP contribution is 2.45. The Balaban J connectivity index is 2.09. The molecule has 1 heterocycles. The van der Waals surface area contributed by atoms with E-state index < -0.39 is 0 Å². The molecule has 0 saturated heterocycles.